The number of nitrogens with one attached hydrogen (secondary N) is 1. The minimum atomic E-state index is -0.0462. The van der Waals surface area contributed by atoms with Crippen molar-refractivity contribution < 1.29 is 4.79 Å². The summed E-state index contributed by atoms with van der Waals surface area (Å²) in [4.78, 5) is 14.8. The number of amides is 1. The molecule has 0 bridgehead atoms. The highest BCUT2D eigenvalue weighted by atomic mass is 79.9. The second-order valence-electron chi connectivity index (χ2n) is 6.29. The third kappa shape index (κ3) is 3.93. The molecule has 1 atom stereocenters. The summed E-state index contributed by atoms with van der Waals surface area (Å²) >= 11 is 3.51. The van der Waals surface area contributed by atoms with Crippen LogP contribution in [0.4, 0.5) is 11.5 Å². The summed E-state index contributed by atoms with van der Waals surface area (Å²) in [5, 5.41) is 11.4. The first-order valence-electron chi connectivity index (χ1n) is 8.15. The number of rotatable bonds is 3. The van der Waals surface area contributed by atoms with Crippen molar-refractivity contribution in [1.82, 2.24) is 10.2 Å². The first-order valence-corrected chi connectivity index (χ1v) is 8.94. The number of carbonyl (C=O) groups excluding carboxylic acids is 1. The molecule has 1 saturated heterocycles. The second kappa shape index (κ2) is 7.30. The summed E-state index contributed by atoms with van der Waals surface area (Å²) in [5.74, 6) is 0.856. The molecule has 1 N–H and O–H groups in total. The molecule has 24 heavy (non-hydrogen) atoms. The highest BCUT2D eigenvalue weighted by Crippen LogP contribution is 2.26. The first-order chi connectivity index (χ1) is 11.5. The maximum absolute atomic E-state index is 12.6. The van der Waals surface area contributed by atoms with Crippen LogP contribution < -0.4 is 10.2 Å². The van der Waals surface area contributed by atoms with Gasteiger partial charge in [0.15, 0.2) is 5.82 Å². The number of halogens is 1. The van der Waals surface area contributed by atoms with Crippen LogP contribution in [0.25, 0.3) is 0 Å². The second-order valence-corrected chi connectivity index (χ2v) is 7.14. The lowest BCUT2D eigenvalue weighted by atomic mass is 9.97. The van der Waals surface area contributed by atoms with E-state index in [0.29, 0.717) is 6.54 Å². The number of hydrogen-bond acceptors (Lipinski definition) is 4. The molecule has 3 rings (SSSR count). The monoisotopic (exact) mass is 388 g/mol. The average Bonchev–Trinajstić information content (AvgIpc) is 2.58. The fourth-order valence-electron chi connectivity index (χ4n) is 2.92. The number of carbonyl (C=O) groups is 1. The topological polar surface area (TPSA) is 58.1 Å². The predicted octanol–water partition coefficient (Wildman–Crippen LogP) is 3.71. The van der Waals surface area contributed by atoms with Crippen molar-refractivity contribution in [2.24, 2.45) is 5.92 Å². The summed E-state index contributed by atoms with van der Waals surface area (Å²) in [5.41, 5.74) is 2.87. The van der Waals surface area contributed by atoms with E-state index in [-0.39, 0.29) is 11.8 Å². The highest BCUT2D eigenvalue weighted by molar-refractivity contribution is 9.10. The van der Waals surface area contributed by atoms with Crippen molar-refractivity contribution in [3.8, 4) is 0 Å². The molecule has 2 heterocycles. The third-order valence-electron chi connectivity index (χ3n) is 4.28. The summed E-state index contributed by atoms with van der Waals surface area (Å²) in [6.45, 7) is 5.53. The van der Waals surface area contributed by atoms with E-state index in [2.05, 4.69) is 36.3 Å². The largest absolute Gasteiger partial charge is 0.354 e. The molecule has 1 unspecified atom stereocenters. The van der Waals surface area contributed by atoms with Crippen LogP contribution >= 0.6 is 15.9 Å². The zero-order chi connectivity index (χ0) is 17.1. The van der Waals surface area contributed by atoms with Crippen LogP contribution in [0.2, 0.25) is 0 Å². The number of benzene rings is 1. The number of hydrogen-bond donors (Lipinski definition) is 1. The maximum Gasteiger partial charge on any atom is 0.229 e. The average molecular weight is 389 g/mol. The van der Waals surface area contributed by atoms with Crippen molar-refractivity contribution in [2.45, 2.75) is 26.7 Å². The smallest absolute Gasteiger partial charge is 0.229 e. The number of piperidine rings is 1. The van der Waals surface area contributed by atoms with E-state index in [1.807, 2.05) is 44.2 Å². The molecule has 2 aromatic rings. The molecule has 0 saturated carbocycles. The molecule has 1 aliphatic rings. The molecule has 1 aromatic carbocycles. The van der Waals surface area contributed by atoms with Gasteiger partial charge in [0.25, 0.3) is 0 Å². The number of anilines is 2. The zero-order valence-corrected chi connectivity index (χ0v) is 15.5. The Hall–Kier alpha value is -1.95. The number of aryl methyl sites for hydroxylation is 2. The lowest BCUT2D eigenvalue weighted by molar-refractivity contribution is -0.120. The van der Waals surface area contributed by atoms with Crippen LogP contribution in [0.15, 0.2) is 34.8 Å². The van der Waals surface area contributed by atoms with E-state index < -0.39 is 0 Å². The quantitative estimate of drug-likeness (QED) is 0.870. The van der Waals surface area contributed by atoms with Crippen molar-refractivity contribution in [1.29, 1.82) is 0 Å². The van der Waals surface area contributed by atoms with E-state index in [1.54, 1.807) is 0 Å². The van der Waals surface area contributed by atoms with Crippen LogP contribution in [0.1, 0.15) is 24.1 Å². The Labute approximate surface area is 150 Å². The van der Waals surface area contributed by atoms with Crippen LogP contribution in [0.3, 0.4) is 0 Å². The van der Waals surface area contributed by atoms with Gasteiger partial charge in [0.1, 0.15) is 0 Å². The van der Waals surface area contributed by atoms with Crippen LogP contribution in [0.5, 0.6) is 0 Å². The fraction of sp³-hybridized carbons (Fsp3) is 0.389. The summed E-state index contributed by atoms with van der Waals surface area (Å²) in [6, 6.07) is 9.86. The van der Waals surface area contributed by atoms with Crippen molar-refractivity contribution in [3.63, 3.8) is 0 Å². The van der Waals surface area contributed by atoms with Gasteiger partial charge in [-0.15, -0.1) is 5.10 Å². The summed E-state index contributed by atoms with van der Waals surface area (Å²) in [6.07, 6.45) is 1.87. The molecule has 1 fully saturated rings. The first kappa shape index (κ1) is 16.9. The van der Waals surface area contributed by atoms with Gasteiger partial charge in [-0.25, -0.2) is 0 Å². The molecule has 6 heteroatoms. The normalized spacial score (nSPS) is 17.6. The van der Waals surface area contributed by atoms with Gasteiger partial charge in [-0.3, -0.25) is 4.79 Å². The number of nitrogens with zero attached hydrogens (tertiary/aromatic N) is 3. The Morgan fingerprint density at radius 2 is 2.08 bits per heavy atom. The van der Waals surface area contributed by atoms with Gasteiger partial charge in [-0.2, -0.15) is 5.10 Å². The van der Waals surface area contributed by atoms with Crippen LogP contribution in [-0.4, -0.2) is 29.2 Å². The predicted molar refractivity (Wildman–Crippen MR) is 99.2 cm³/mol. The Morgan fingerprint density at radius 3 is 2.79 bits per heavy atom. The fourth-order valence-corrected chi connectivity index (χ4v) is 3.51. The summed E-state index contributed by atoms with van der Waals surface area (Å²) < 4.78 is 0.910. The lowest BCUT2D eigenvalue weighted by Crippen LogP contribution is -2.41. The Kier molecular flexibility index (Phi) is 5.14. The van der Waals surface area contributed by atoms with Crippen LogP contribution in [-0.2, 0) is 4.79 Å². The van der Waals surface area contributed by atoms with Crippen molar-refractivity contribution >= 4 is 33.3 Å². The Balaban J connectivity index is 1.67. The lowest BCUT2D eigenvalue weighted by Gasteiger charge is -2.32. The highest BCUT2D eigenvalue weighted by Gasteiger charge is 2.27. The molecule has 0 aliphatic carbocycles. The molecule has 126 valence electrons. The molecule has 1 amide bonds. The Morgan fingerprint density at radius 1 is 1.25 bits per heavy atom. The zero-order valence-electron chi connectivity index (χ0n) is 13.9. The van der Waals surface area contributed by atoms with Gasteiger partial charge < -0.3 is 10.2 Å². The van der Waals surface area contributed by atoms with Gasteiger partial charge in [-0.05, 0) is 72.4 Å². The van der Waals surface area contributed by atoms with E-state index in [4.69, 9.17) is 0 Å². The van der Waals surface area contributed by atoms with Gasteiger partial charge in [-0.1, -0.05) is 6.07 Å². The van der Waals surface area contributed by atoms with E-state index in [0.717, 1.165) is 46.6 Å². The van der Waals surface area contributed by atoms with E-state index in [9.17, 15) is 4.79 Å². The van der Waals surface area contributed by atoms with Crippen molar-refractivity contribution in [2.75, 3.05) is 23.3 Å². The molecule has 1 aliphatic heterocycles. The van der Waals surface area contributed by atoms with E-state index in [1.165, 1.54) is 0 Å². The standard InChI is InChI=1S/C18H21BrN4O/c1-12-5-7-16(15(19)10-12)20-18(24)14-4-3-9-23(11-14)17-8-6-13(2)21-22-17/h5-8,10,14H,3-4,9,11H2,1-2H3,(H,20,24). The minimum absolute atomic E-state index is 0.0462. The van der Waals surface area contributed by atoms with Gasteiger partial charge in [0.05, 0.1) is 17.3 Å². The minimum Gasteiger partial charge on any atom is -0.354 e. The molecule has 1 aromatic heterocycles. The Bertz CT molecular complexity index is 732. The summed E-state index contributed by atoms with van der Waals surface area (Å²) in [7, 11) is 0. The maximum atomic E-state index is 12.6. The third-order valence-corrected chi connectivity index (χ3v) is 4.94. The van der Waals surface area contributed by atoms with Crippen molar-refractivity contribution in [3.05, 3.63) is 46.1 Å². The van der Waals surface area contributed by atoms with Gasteiger partial charge in [0, 0.05) is 17.6 Å². The van der Waals surface area contributed by atoms with Gasteiger partial charge >= 0.3 is 0 Å². The van der Waals surface area contributed by atoms with Gasteiger partial charge in [0.2, 0.25) is 5.91 Å². The molecule has 0 spiro atoms. The van der Waals surface area contributed by atoms with E-state index >= 15 is 0 Å². The number of aromatic nitrogens is 2. The molecule has 5 nitrogen and oxygen atoms in total. The van der Waals surface area contributed by atoms with Crippen LogP contribution in [0, 0.1) is 19.8 Å². The molecular formula is C18H21BrN4O. The molecule has 0 radical (unpaired) electrons. The SMILES string of the molecule is Cc1ccc(NC(=O)C2CCCN(c3ccc(C)nn3)C2)c(Br)c1. The molecular weight excluding hydrogens is 368 g/mol.